The quantitative estimate of drug-likeness (QED) is 0.936. The Morgan fingerprint density at radius 2 is 2.24 bits per heavy atom. The van der Waals surface area contributed by atoms with Crippen LogP contribution >= 0.6 is 0 Å². The first-order valence-electron chi connectivity index (χ1n) is 7.54. The van der Waals surface area contributed by atoms with E-state index in [-0.39, 0.29) is 5.82 Å². The molecule has 0 aliphatic heterocycles. The lowest BCUT2D eigenvalue weighted by Crippen LogP contribution is -2.25. The van der Waals surface area contributed by atoms with Crippen LogP contribution in [0.4, 0.5) is 4.39 Å². The molecule has 1 unspecified atom stereocenters. The van der Waals surface area contributed by atoms with E-state index in [4.69, 9.17) is 0 Å². The maximum atomic E-state index is 13.7. The third-order valence-corrected chi connectivity index (χ3v) is 4.06. The number of hydrogen-bond acceptors (Lipinski definition) is 3. The van der Waals surface area contributed by atoms with Gasteiger partial charge in [0.25, 0.3) is 0 Å². The predicted molar refractivity (Wildman–Crippen MR) is 81.5 cm³/mol. The molecule has 0 bridgehead atoms. The number of nitrogens with one attached hydrogen (secondary N) is 1. The van der Waals surface area contributed by atoms with Gasteiger partial charge in [0, 0.05) is 29.1 Å². The van der Waals surface area contributed by atoms with Crippen molar-refractivity contribution >= 4 is 0 Å². The van der Waals surface area contributed by atoms with Crippen LogP contribution in [0.2, 0.25) is 0 Å². The van der Waals surface area contributed by atoms with Gasteiger partial charge in [-0.3, -0.25) is 0 Å². The molecule has 1 heterocycles. The number of halogens is 1. The number of aryl methyl sites for hydroxylation is 2. The summed E-state index contributed by atoms with van der Waals surface area (Å²) >= 11 is 0. The Morgan fingerprint density at radius 3 is 3.00 bits per heavy atom. The van der Waals surface area contributed by atoms with Gasteiger partial charge in [0.1, 0.15) is 5.82 Å². The SMILES string of the molecule is CCNC1CCCc2nc(-c3ccc(C)c(F)c3)ncc21. The zero-order chi connectivity index (χ0) is 14.8. The molecule has 110 valence electrons. The molecule has 1 atom stereocenters. The van der Waals surface area contributed by atoms with Crippen LogP contribution in [0.3, 0.4) is 0 Å². The maximum Gasteiger partial charge on any atom is 0.159 e. The lowest BCUT2D eigenvalue weighted by Gasteiger charge is -2.25. The van der Waals surface area contributed by atoms with Gasteiger partial charge in [0.2, 0.25) is 0 Å². The molecule has 1 aliphatic rings. The molecule has 0 radical (unpaired) electrons. The van der Waals surface area contributed by atoms with E-state index in [2.05, 4.69) is 22.2 Å². The summed E-state index contributed by atoms with van der Waals surface area (Å²) < 4.78 is 13.7. The third kappa shape index (κ3) is 2.81. The fourth-order valence-electron chi connectivity index (χ4n) is 2.88. The molecule has 21 heavy (non-hydrogen) atoms. The normalized spacial score (nSPS) is 17.6. The van der Waals surface area contributed by atoms with Gasteiger partial charge in [-0.15, -0.1) is 0 Å². The summed E-state index contributed by atoms with van der Waals surface area (Å²) in [6.45, 7) is 4.81. The average molecular weight is 285 g/mol. The molecule has 0 fully saturated rings. The summed E-state index contributed by atoms with van der Waals surface area (Å²) in [6, 6.07) is 5.52. The van der Waals surface area contributed by atoms with Crippen molar-refractivity contribution in [2.45, 2.75) is 39.2 Å². The molecule has 1 aliphatic carbocycles. The Morgan fingerprint density at radius 1 is 1.38 bits per heavy atom. The van der Waals surface area contributed by atoms with Crippen molar-refractivity contribution in [2.24, 2.45) is 0 Å². The second-order valence-corrected chi connectivity index (χ2v) is 5.56. The van der Waals surface area contributed by atoms with E-state index in [0.29, 0.717) is 17.4 Å². The highest BCUT2D eigenvalue weighted by Crippen LogP contribution is 2.29. The van der Waals surface area contributed by atoms with E-state index < -0.39 is 0 Å². The van der Waals surface area contributed by atoms with Gasteiger partial charge < -0.3 is 5.32 Å². The second-order valence-electron chi connectivity index (χ2n) is 5.56. The zero-order valence-corrected chi connectivity index (χ0v) is 12.5. The summed E-state index contributed by atoms with van der Waals surface area (Å²) in [5, 5.41) is 3.48. The number of rotatable bonds is 3. The van der Waals surface area contributed by atoms with Gasteiger partial charge in [-0.25, -0.2) is 14.4 Å². The van der Waals surface area contributed by atoms with Crippen LogP contribution in [0.25, 0.3) is 11.4 Å². The highest BCUT2D eigenvalue weighted by atomic mass is 19.1. The first kappa shape index (κ1) is 14.1. The van der Waals surface area contributed by atoms with Gasteiger partial charge >= 0.3 is 0 Å². The summed E-state index contributed by atoms with van der Waals surface area (Å²) in [7, 11) is 0. The molecule has 0 saturated heterocycles. The molecule has 0 spiro atoms. The largest absolute Gasteiger partial charge is 0.310 e. The molecular formula is C17H20FN3. The molecule has 0 saturated carbocycles. The van der Waals surface area contributed by atoms with E-state index >= 15 is 0 Å². The van der Waals surface area contributed by atoms with Gasteiger partial charge in [-0.2, -0.15) is 0 Å². The Hall–Kier alpha value is -1.81. The lowest BCUT2D eigenvalue weighted by atomic mass is 9.92. The zero-order valence-electron chi connectivity index (χ0n) is 12.5. The fourth-order valence-corrected chi connectivity index (χ4v) is 2.88. The van der Waals surface area contributed by atoms with Crippen molar-refractivity contribution in [3.63, 3.8) is 0 Å². The van der Waals surface area contributed by atoms with Crippen LogP contribution in [0, 0.1) is 12.7 Å². The predicted octanol–water partition coefficient (Wildman–Crippen LogP) is 3.58. The van der Waals surface area contributed by atoms with Crippen molar-refractivity contribution in [1.82, 2.24) is 15.3 Å². The summed E-state index contributed by atoms with van der Waals surface area (Å²) in [6.07, 6.45) is 5.13. The first-order chi connectivity index (χ1) is 10.2. The van der Waals surface area contributed by atoms with Crippen LogP contribution in [0.5, 0.6) is 0 Å². The Kier molecular flexibility index (Phi) is 3.97. The smallest absolute Gasteiger partial charge is 0.159 e. The van der Waals surface area contributed by atoms with Crippen molar-refractivity contribution < 1.29 is 4.39 Å². The van der Waals surface area contributed by atoms with Crippen LogP contribution < -0.4 is 5.32 Å². The number of aromatic nitrogens is 2. The molecular weight excluding hydrogens is 265 g/mol. The maximum absolute atomic E-state index is 13.7. The van der Waals surface area contributed by atoms with E-state index in [9.17, 15) is 4.39 Å². The first-order valence-corrected chi connectivity index (χ1v) is 7.54. The van der Waals surface area contributed by atoms with Crippen LogP contribution in [-0.4, -0.2) is 16.5 Å². The highest BCUT2D eigenvalue weighted by Gasteiger charge is 2.21. The van der Waals surface area contributed by atoms with Gasteiger partial charge in [0.15, 0.2) is 5.82 Å². The van der Waals surface area contributed by atoms with Gasteiger partial charge in [-0.1, -0.05) is 19.1 Å². The van der Waals surface area contributed by atoms with Crippen molar-refractivity contribution in [3.05, 3.63) is 47.0 Å². The molecule has 4 heteroatoms. The summed E-state index contributed by atoms with van der Waals surface area (Å²) in [5.41, 5.74) is 3.67. The minimum atomic E-state index is -0.209. The third-order valence-electron chi connectivity index (χ3n) is 4.06. The monoisotopic (exact) mass is 285 g/mol. The minimum absolute atomic E-state index is 0.209. The standard InChI is InChI=1S/C17H20FN3/c1-3-19-15-5-4-6-16-13(15)10-20-17(21-16)12-8-7-11(2)14(18)9-12/h7-10,15,19H,3-6H2,1-2H3. The van der Waals surface area contributed by atoms with Crippen molar-refractivity contribution in [1.29, 1.82) is 0 Å². The van der Waals surface area contributed by atoms with E-state index in [1.54, 1.807) is 13.0 Å². The molecule has 0 amide bonds. The average Bonchev–Trinajstić information content (AvgIpc) is 2.50. The van der Waals surface area contributed by atoms with Gasteiger partial charge in [-0.05, 0) is 44.4 Å². The van der Waals surface area contributed by atoms with Gasteiger partial charge in [0.05, 0.1) is 0 Å². The second kappa shape index (κ2) is 5.90. The topological polar surface area (TPSA) is 37.8 Å². The number of nitrogens with zero attached hydrogens (tertiary/aromatic N) is 2. The molecule has 1 N–H and O–H groups in total. The molecule has 3 nitrogen and oxygen atoms in total. The Labute approximate surface area is 124 Å². The summed E-state index contributed by atoms with van der Waals surface area (Å²) in [4.78, 5) is 9.12. The van der Waals surface area contributed by atoms with Crippen LogP contribution in [0.1, 0.15) is 42.6 Å². The van der Waals surface area contributed by atoms with Crippen molar-refractivity contribution in [2.75, 3.05) is 6.54 Å². The number of fused-ring (bicyclic) bond motifs is 1. The molecule has 2 aromatic rings. The minimum Gasteiger partial charge on any atom is -0.310 e. The number of hydrogen-bond donors (Lipinski definition) is 1. The van der Waals surface area contributed by atoms with E-state index in [0.717, 1.165) is 37.1 Å². The number of benzene rings is 1. The van der Waals surface area contributed by atoms with E-state index in [1.807, 2.05) is 12.3 Å². The van der Waals surface area contributed by atoms with E-state index in [1.165, 1.54) is 11.6 Å². The highest BCUT2D eigenvalue weighted by molar-refractivity contribution is 5.56. The lowest BCUT2D eigenvalue weighted by molar-refractivity contribution is 0.464. The molecule has 1 aromatic carbocycles. The fraction of sp³-hybridized carbons (Fsp3) is 0.412. The Bertz CT molecular complexity index is 654. The van der Waals surface area contributed by atoms with Crippen molar-refractivity contribution in [3.8, 4) is 11.4 Å². The van der Waals surface area contributed by atoms with Crippen LogP contribution in [-0.2, 0) is 6.42 Å². The van der Waals surface area contributed by atoms with Crippen LogP contribution in [0.15, 0.2) is 24.4 Å². The molecule has 1 aromatic heterocycles. The Balaban J connectivity index is 1.97. The summed E-state index contributed by atoms with van der Waals surface area (Å²) in [5.74, 6) is 0.407. The molecule has 3 rings (SSSR count).